The average molecular weight is 450 g/mol. The smallest absolute Gasteiger partial charge is 0.415 e. The number of carbonyl (C=O) groups excluding carboxylic acids is 2. The Hall–Kier alpha value is -3.75. The van der Waals surface area contributed by atoms with E-state index < -0.39 is 18.3 Å². The van der Waals surface area contributed by atoms with Crippen LogP contribution >= 0.6 is 0 Å². The molecule has 5 rings (SSSR count). The first-order valence-electron chi connectivity index (χ1n) is 10.7. The predicted octanol–water partition coefficient (Wildman–Crippen LogP) is 0.512. The SMILES string of the molecule is N#Cc1cccc2c1CC(NCC(O)CC1CN(c3cnc4c(n3)NC(=O)CO4)C(=O)O1)C2. The van der Waals surface area contributed by atoms with Crippen LogP contribution in [0.25, 0.3) is 0 Å². The second-order valence-electron chi connectivity index (χ2n) is 8.29. The van der Waals surface area contributed by atoms with E-state index in [0.29, 0.717) is 12.1 Å². The fourth-order valence-electron chi connectivity index (χ4n) is 4.41. The summed E-state index contributed by atoms with van der Waals surface area (Å²) in [6.45, 7) is 0.419. The molecular weight excluding hydrogens is 428 g/mol. The van der Waals surface area contributed by atoms with Gasteiger partial charge in [-0.2, -0.15) is 5.26 Å². The summed E-state index contributed by atoms with van der Waals surface area (Å²) < 4.78 is 10.6. The van der Waals surface area contributed by atoms with Gasteiger partial charge < -0.3 is 25.2 Å². The lowest BCUT2D eigenvalue weighted by Gasteiger charge is -2.19. The summed E-state index contributed by atoms with van der Waals surface area (Å²) in [7, 11) is 0. The number of amides is 2. The first kappa shape index (κ1) is 21.1. The molecule has 3 aliphatic rings. The summed E-state index contributed by atoms with van der Waals surface area (Å²) in [6, 6.07) is 8.13. The van der Waals surface area contributed by atoms with Gasteiger partial charge in [-0.1, -0.05) is 12.1 Å². The van der Waals surface area contributed by atoms with Crippen LogP contribution in [0.1, 0.15) is 23.1 Å². The molecular formula is C22H22N6O5. The van der Waals surface area contributed by atoms with E-state index in [4.69, 9.17) is 9.47 Å². The number of aliphatic hydroxyl groups excluding tert-OH is 1. The zero-order chi connectivity index (χ0) is 22.9. The monoisotopic (exact) mass is 450 g/mol. The van der Waals surface area contributed by atoms with Gasteiger partial charge in [0.1, 0.15) is 6.10 Å². The van der Waals surface area contributed by atoms with Gasteiger partial charge in [-0.3, -0.25) is 9.69 Å². The van der Waals surface area contributed by atoms with E-state index in [9.17, 15) is 20.0 Å². The highest BCUT2D eigenvalue weighted by Crippen LogP contribution is 2.28. The van der Waals surface area contributed by atoms with Crippen LogP contribution < -0.4 is 20.3 Å². The number of hydrogen-bond donors (Lipinski definition) is 3. The molecule has 11 heteroatoms. The normalized spacial score (nSPS) is 22.0. The highest BCUT2D eigenvalue weighted by molar-refractivity contribution is 5.94. The fourth-order valence-corrected chi connectivity index (χ4v) is 4.41. The number of carbonyl (C=O) groups is 2. The highest BCUT2D eigenvalue weighted by atomic mass is 16.6. The molecule has 3 atom stereocenters. The van der Waals surface area contributed by atoms with Crippen molar-refractivity contribution in [2.75, 3.05) is 29.9 Å². The Kier molecular flexibility index (Phi) is 5.53. The lowest BCUT2D eigenvalue weighted by molar-refractivity contribution is -0.118. The molecule has 11 nitrogen and oxygen atoms in total. The van der Waals surface area contributed by atoms with Crippen molar-refractivity contribution in [2.24, 2.45) is 0 Å². The van der Waals surface area contributed by atoms with E-state index in [0.717, 1.165) is 24.0 Å². The van der Waals surface area contributed by atoms with Crippen molar-refractivity contribution in [1.29, 1.82) is 5.26 Å². The average Bonchev–Trinajstić information content (AvgIpc) is 3.39. The summed E-state index contributed by atoms with van der Waals surface area (Å²) >= 11 is 0. The van der Waals surface area contributed by atoms with Gasteiger partial charge in [-0.05, 0) is 30.0 Å². The number of nitriles is 1. The lowest BCUT2D eigenvalue weighted by Crippen LogP contribution is -2.38. The Morgan fingerprint density at radius 3 is 3.09 bits per heavy atom. The minimum absolute atomic E-state index is 0.132. The number of fused-ring (bicyclic) bond motifs is 2. The molecule has 0 saturated carbocycles. The van der Waals surface area contributed by atoms with Crippen molar-refractivity contribution < 1.29 is 24.2 Å². The van der Waals surface area contributed by atoms with Crippen LogP contribution in [-0.2, 0) is 22.4 Å². The lowest BCUT2D eigenvalue weighted by atomic mass is 10.0. The molecule has 1 aliphatic carbocycles. The zero-order valence-corrected chi connectivity index (χ0v) is 17.7. The third-order valence-corrected chi connectivity index (χ3v) is 5.96. The predicted molar refractivity (Wildman–Crippen MR) is 115 cm³/mol. The number of rotatable bonds is 6. The molecule has 3 N–H and O–H groups in total. The summed E-state index contributed by atoms with van der Waals surface area (Å²) in [5.41, 5.74) is 2.93. The molecule has 2 aromatic rings. The van der Waals surface area contributed by atoms with E-state index in [2.05, 4.69) is 26.7 Å². The van der Waals surface area contributed by atoms with Crippen molar-refractivity contribution in [3.05, 3.63) is 41.1 Å². The maximum Gasteiger partial charge on any atom is 0.415 e. The molecule has 1 aromatic heterocycles. The number of aromatic nitrogens is 2. The summed E-state index contributed by atoms with van der Waals surface area (Å²) in [4.78, 5) is 33.5. The van der Waals surface area contributed by atoms with E-state index >= 15 is 0 Å². The number of aliphatic hydroxyl groups is 1. The molecule has 0 spiro atoms. The molecule has 170 valence electrons. The van der Waals surface area contributed by atoms with E-state index in [1.807, 2.05) is 18.2 Å². The van der Waals surface area contributed by atoms with Crippen molar-refractivity contribution >= 4 is 23.6 Å². The number of hydrogen-bond acceptors (Lipinski definition) is 9. The Morgan fingerprint density at radius 1 is 1.36 bits per heavy atom. The van der Waals surface area contributed by atoms with Gasteiger partial charge >= 0.3 is 6.09 Å². The number of anilines is 2. The zero-order valence-electron chi connectivity index (χ0n) is 17.7. The maximum atomic E-state index is 12.3. The number of cyclic esters (lactones) is 1. The van der Waals surface area contributed by atoms with Crippen LogP contribution in [0.4, 0.5) is 16.4 Å². The quantitative estimate of drug-likeness (QED) is 0.572. The molecule has 1 saturated heterocycles. The third kappa shape index (κ3) is 4.30. The molecule has 2 amide bonds. The van der Waals surface area contributed by atoms with Crippen LogP contribution in [0.2, 0.25) is 0 Å². The van der Waals surface area contributed by atoms with Crippen molar-refractivity contribution in [3.63, 3.8) is 0 Å². The standard InChI is InChI=1S/C22H22N6O5/c23-7-13-3-1-2-12-4-14(5-17(12)13)24-8-15(29)6-16-10-28(22(31)33-16)18-9-25-21-20(26-18)27-19(30)11-32-21/h1-3,9,14-16,24,29H,4-6,8,10-11H2,(H,26,27,30). The van der Waals surface area contributed by atoms with Crippen molar-refractivity contribution in [3.8, 4) is 11.9 Å². The van der Waals surface area contributed by atoms with E-state index in [-0.39, 0.29) is 49.0 Å². The van der Waals surface area contributed by atoms with Crippen LogP contribution in [0.5, 0.6) is 5.88 Å². The Labute approximate surface area is 189 Å². The van der Waals surface area contributed by atoms with Crippen LogP contribution in [0, 0.1) is 11.3 Å². The second-order valence-corrected chi connectivity index (χ2v) is 8.29. The van der Waals surface area contributed by atoms with Gasteiger partial charge in [0.2, 0.25) is 0 Å². The number of ether oxygens (including phenoxy) is 2. The van der Waals surface area contributed by atoms with Gasteiger partial charge in [0.25, 0.3) is 11.8 Å². The summed E-state index contributed by atoms with van der Waals surface area (Å²) in [5, 5.41) is 25.7. The molecule has 3 unspecified atom stereocenters. The molecule has 0 bridgehead atoms. The van der Waals surface area contributed by atoms with Crippen LogP contribution in [0.15, 0.2) is 24.4 Å². The van der Waals surface area contributed by atoms with E-state index in [1.165, 1.54) is 11.1 Å². The Balaban J connectivity index is 1.14. The molecule has 3 heterocycles. The highest BCUT2D eigenvalue weighted by Gasteiger charge is 2.35. The van der Waals surface area contributed by atoms with Gasteiger partial charge in [0, 0.05) is 19.0 Å². The maximum absolute atomic E-state index is 12.3. The minimum atomic E-state index is -0.718. The third-order valence-electron chi connectivity index (χ3n) is 5.96. The fraction of sp³-hybridized carbons (Fsp3) is 0.409. The van der Waals surface area contributed by atoms with Crippen molar-refractivity contribution in [1.82, 2.24) is 15.3 Å². The number of nitrogens with zero attached hydrogens (tertiary/aromatic N) is 4. The van der Waals surface area contributed by atoms with Gasteiger partial charge in [0.15, 0.2) is 18.2 Å². The van der Waals surface area contributed by atoms with E-state index in [1.54, 1.807) is 0 Å². The van der Waals surface area contributed by atoms with Gasteiger partial charge in [0.05, 0.1) is 30.5 Å². The van der Waals surface area contributed by atoms with Gasteiger partial charge in [-0.15, -0.1) is 0 Å². The second kappa shape index (κ2) is 8.65. The molecule has 2 aliphatic heterocycles. The molecule has 1 aromatic carbocycles. The number of benzene rings is 1. The minimum Gasteiger partial charge on any atom is -0.465 e. The molecule has 1 fully saturated rings. The first-order valence-corrected chi connectivity index (χ1v) is 10.7. The van der Waals surface area contributed by atoms with Gasteiger partial charge in [-0.25, -0.2) is 14.8 Å². The summed E-state index contributed by atoms with van der Waals surface area (Å²) in [5.74, 6) is 0.235. The Bertz CT molecular complexity index is 1150. The van der Waals surface area contributed by atoms with Crippen LogP contribution in [-0.4, -0.2) is 65.0 Å². The topological polar surface area (TPSA) is 150 Å². The van der Waals surface area contributed by atoms with Crippen LogP contribution in [0.3, 0.4) is 0 Å². The summed E-state index contributed by atoms with van der Waals surface area (Å²) in [6.07, 6.45) is 1.37. The first-order chi connectivity index (χ1) is 16.0. The van der Waals surface area contributed by atoms with Crippen molar-refractivity contribution in [2.45, 2.75) is 37.5 Å². The molecule has 0 radical (unpaired) electrons. The molecule has 33 heavy (non-hydrogen) atoms. The number of nitrogens with one attached hydrogen (secondary N) is 2. The largest absolute Gasteiger partial charge is 0.465 e. The Morgan fingerprint density at radius 2 is 2.24 bits per heavy atom.